The maximum atomic E-state index is 11.5. The molecule has 0 aliphatic carbocycles. The number of hydrogen-bond donors (Lipinski definition) is 0. The second-order valence-electron chi connectivity index (χ2n) is 1.52. The summed E-state index contributed by atoms with van der Waals surface area (Å²) in [6.07, 6.45) is -2.04. The second kappa shape index (κ2) is 2.71. The standard InChI is InChI=1S/C6H7F3/c1-3-4-5(2)6(7,8)9/h3-4H,2H2,1H3/b4-3-. The third-order valence-corrected chi connectivity index (χ3v) is 0.732. The third kappa shape index (κ3) is 2.95. The Morgan fingerprint density at radius 2 is 1.89 bits per heavy atom. The lowest BCUT2D eigenvalue weighted by Crippen LogP contribution is -2.07. The maximum Gasteiger partial charge on any atom is 0.415 e. The zero-order chi connectivity index (χ0) is 7.49. The molecule has 0 N–H and O–H groups in total. The average molecular weight is 136 g/mol. The minimum absolute atomic E-state index is 0.815. The van der Waals surface area contributed by atoms with Gasteiger partial charge in [-0.05, 0) is 6.92 Å². The van der Waals surface area contributed by atoms with E-state index >= 15 is 0 Å². The molecule has 0 aliphatic heterocycles. The molecule has 0 nitrogen and oxygen atoms in total. The van der Waals surface area contributed by atoms with Gasteiger partial charge in [0.2, 0.25) is 0 Å². The van der Waals surface area contributed by atoms with Gasteiger partial charge in [-0.15, -0.1) is 0 Å². The van der Waals surface area contributed by atoms with Crippen LogP contribution in [-0.2, 0) is 0 Å². The molecule has 0 rings (SSSR count). The van der Waals surface area contributed by atoms with Gasteiger partial charge in [-0.3, -0.25) is 0 Å². The molecule has 0 fully saturated rings. The highest BCUT2D eigenvalue weighted by molar-refractivity contribution is 5.18. The molecule has 9 heavy (non-hydrogen) atoms. The van der Waals surface area contributed by atoms with Crippen LogP contribution in [0.25, 0.3) is 0 Å². The summed E-state index contributed by atoms with van der Waals surface area (Å²) in [5.74, 6) is 0. The average Bonchev–Trinajstić information content (AvgIpc) is 1.64. The van der Waals surface area contributed by atoms with E-state index in [9.17, 15) is 13.2 Å². The summed E-state index contributed by atoms with van der Waals surface area (Å²) in [6.45, 7) is 4.31. The largest absolute Gasteiger partial charge is 0.415 e. The zero-order valence-corrected chi connectivity index (χ0v) is 5.00. The van der Waals surface area contributed by atoms with Gasteiger partial charge >= 0.3 is 6.18 Å². The van der Waals surface area contributed by atoms with Crippen molar-refractivity contribution < 1.29 is 13.2 Å². The van der Waals surface area contributed by atoms with Gasteiger partial charge in [-0.2, -0.15) is 13.2 Å². The Bertz CT molecular complexity index is 130. The van der Waals surface area contributed by atoms with Crippen LogP contribution in [0.15, 0.2) is 24.3 Å². The molecule has 0 heterocycles. The number of alkyl halides is 3. The van der Waals surface area contributed by atoms with Crippen LogP contribution < -0.4 is 0 Å². The molecule has 0 atom stereocenters. The fourth-order valence-electron chi connectivity index (χ4n) is 0.296. The van der Waals surface area contributed by atoms with Gasteiger partial charge in [-0.1, -0.05) is 18.7 Å². The highest BCUT2D eigenvalue weighted by Gasteiger charge is 2.29. The van der Waals surface area contributed by atoms with Crippen molar-refractivity contribution in [1.82, 2.24) is 0 Å². The molecule has 0 unspecified atom stereocenters. The predicted octanol–water partition coefficient (Wildman–Crippen LogP) is 2.68. The van der Waals surface area contributed by atoms with Crippen LogP contribution in [-0.4, -0.2) is 6.18 Å². The minimum Gasteiger partial charge on any atom is -0.166 e. The first-order valence-corrected chi connectivity index (χ1v) is 2.37. The van der Waals surface area contributed by atoms with Crippen molar-refractivity contribution in [2.75, 3.05) is 0 Å². The molecule has 0 aromatic carbocycles. The lowest BCUT2D eigenvalue weighted by molar-refractivity contribution is -0.0878. The topological polar surface area (TPSA) is 0 Å². The van der Waals surface area contributed by atoms with Crippen molar-refractivity contribution in [3.8, 4) is 0 Å². The minimum atomic E-state index is -4.27. The highest BCUT2D eigenvalue weighted by Crippen LogP contribution is 2.24. The fraction of sp³-hybridized carbons (Fsp3) is 0.333. The molecular formula is C6H7F3. The van der Waals surface area contributed by atoms with Crippen molar-refractivity contribution in [2.45, 2.75) is 13.1 Å². The molecule has 0 amide bonds. The summed E-state index contributed by atoms with van der Waals surface area (Å²) in [6, 6.07) is 0. The molecular weight excluding hydrogens is 129 g/mol. The first-order chi connectivity index (χ1) is 3.98. The van der Waals surface area contributed by atoms with Crippen molar-refractivity contribution in [3.63, 3.8) is 0 Å². The van der Waals surface area contributed by atoms with E-state index in [1.165, 1.54) is 13.0 Å². The number of halogens is 3. The van der Waals surface area contributed by atoms with Crippen molar-refractivity contribution >= 4 is 0 Å². The Balaban J connectivity index is 4.06. The van der Waals surface area contributed by atoms with E-state index in [0.29, 0.717) is 0 Å². The Hall–Kier alpha value is -0.730. The van der Waals surface area contributed by atoms with Crippen LogP contribution in [0.3, 0.4) is 0 Å². The Labute approximate surface area is 51.7 Å². The van der Waals surface area contributed by atoms with E-state index in [1.807, 2.05) is 0 Å². The van der Waals surface area contributed by atoms with Crippen LogP contribution in [0.4, 0.5) is 13.2 Å². The number of hydrogen-bond acceptors (Lipinski definition) is 0. The summed E-state index contributed by atoms with van der Waals surface area (Å²) in [4.78, 5) is 0. The normalized spacial score (nSPS) is 12.4. The van der Waals surface area contributed by atoms with E-state index in [4.69, 9.17) is 0 Å². The monoisotopic (exact) mass is 136 g/mol. The summed E-state index contributed by atoms with van der Waals surface area (Å²) >= 11 is 0. The molecule has 0 aliphatic rings. The van der Waals surface area contributed by atoms with Crippen LogP contribution in [0.5, 0.6) is 0 Å². The number of rotatable bonds is 1. The first-order valence-electron chi connectivity index (χ1n) is 2.37. The van der Waals surface area contributed by atoms with Gasteiger partial charge in [0.1, 0.15) is 0 Å². The van der Waals surface area contributed by atoms with E-state index in [1.54, 1.807) is 0 Å². The lowest BCUT2D eigenvalue weighted by Gasteiger charge is -2.03. The molecule has 0 saturated carbocycles. The molecule has 0 spiro atoms. The zero-order valence-electron chi connectivity index (χ0n) is 5.00. The molecule has 52 valence electrons. The number of allylic oxidation sites excluding steroid dienone is 3. The van der Waals surface area contributed by atoms with Crippen LogP contribution in [0, 0.1) is 0 Å². The van der Waals surface area contributed by atoms with E-state index in [0.717, 1.165) is 6.08 Å². The van der Waals surface area contributed by atoms with Gasteiger partial charge in [0.25, 0.3) is 0 Å². The molecule has 0 saturated heterocycles. The smallest absolute Gasteiger partial charge is 0.166 e. The lowest BCUT2D eigenvalue weighted by atomic mass is 10.3. The van der Waals surface area contributed by atoms with Crippen molar-refractivity contribution in [2.24, 2.45) is 0 Å². The van der Waals surface area contributed by atoms with Gasteiger partial charge in [0.15, 0.2) is 0 Å². The molecule has 0 aromatic rings. The van der Waals surface area contributed by atoms with E-state index in [2.05, 4.69) is 6.58 Å². The van der Waals surface area contributed by atoms with Gasteiger partial charge < -0.3 is 0 Å². The SMILES string of the molecule is C=C(/C=C\C)C(F)(F)F. The Morgan fingerprint density at radius 3 is 2.00 bits per heavy atom. The van der Waals surface area contributed by atoms with Gasteiger partial charge in [-0.25, -0.2) is 0 Å². The van der Waals surface area contributed by atoms with Crippen LogP contribution >= 0.6 is 0 Å². The quantitative estimate of drug-likeness (QED) is 0.486. The molecule has 0 bridgehead atoms. The Morgan fingerprint density at radius 1 is 1.44 bits per heavy atom. The summed E-state index contributed by atoms with van der Waals surface area (Å²) in [5, 5.41) is 0. The van der Waals surface area contributed by atoms with E-state index in [-0.39, 0.29) is 0 Å². The first kappa shape index (κ1) is 8.27. The summed E-state index contributed by atoms with van der Waals surface area (Å²) in [5.41, 5.74) is -0.815. The Kier molecular flexibility index (Phi) is 2.49. The second-order valence-corrected chi connectivity index (χ2v) is 1.52. The van der Waals surface area contributed by atoms with Crippen molar-refractivity contribution in [3.05, 3.63) is 24.3 Å². The predicted molar refractivity (Wildman–Crippen MR) is 30.0 cm³/mol. The summed E-state index contributed by atoms with van der Waals surface area (Å²) < 4.78 is 34.5. The fourth-order valence-corrected chi connectivity index (χ4v) is 0.296. The molecule has 3 heteroatoms. The van der Waals surface area contributed by atoms with Gasteiger partial charge in [0.05, 0.1) is 0 Å². The summed E-state index contributed by atoms with van der Waals surface area (Å²) in [7, 11) is 0. The van der Waals surface area contributed by atoms with Crippen molar-refractivity contribution in [1.29, 1.82) is 0 Å². The van der Waals surface area contributed by atoms with Crippen LogP contribution in [0.2, 0.25) is 0 Å². The van der Waals surface area contributed by atoms with Gasteiger partial charge in [0, 0.05) is 5.57 Å². The third-order valence-electron chi connectivity index (χ3n) is 0.732. The highest BCUT2D eigenvalue weighted by atomic mass is 19.4. The van der Waals surface area contributed by atoms with E-state index < -0.39 is 11.7 Å². The molecule has 0 aromatic heterocycles. The van der Waals surface area contributed by atoms with Crippen LogP contribution in [0.1, 0.15) is 6.92 Å². The maximum absolute atomic E-state index is 11.5. The molecule has 0 radical (unpaired) electrons.